The first kappa shape index (κ1) is 87.2. The van der Waals surface area contributed by atoms with E-state index < -0.39 is 16.8 Å². The smallest absolute Gasteiger partial charge is 0.298 e. The van der Waals surface area contributed by atoms with Crippen molar-refractivity contribution >= 4 is 147 Å². The van der Waals surface area contributed by atoms with Crippen molar-refractivity contribution in [3.05, 3.63) is 275 Å². The van der Waals surface area contributed by atoms with E-state index in [9.17, 15) is 20.1 Å². The second kappa shape index (κ2) is 36.9. The highest BCUT2D eigenvalue weighted by atomic mass is 35.5. The third kappa shape index (κ3) is 18.9. The number of carbonyl (C=O) groups excluding carboxylic acids is 1. The zero-order valence-electron chi connectivity index (χ0n) is 64.0. The molecule has 4 N–H and O–H groups in total. The van der Waals surface area contributed by atoms with Crippen molar-refractivity contribution < 1.29 is 52.6 Å². The van der Waals surface area contributed by atoms with Crippen molar-refractivity contribution in [3.63, 3.8) is 0 Å². The van der Waals surface area contributed by atoms with Gasteiger partial charge >= 0.3 is 0 Å². The number of halogens is 11. The van der Waals surface area contributed by atoms with E-state index >= 15 is 0 Å². The zero-order valence-corrected chi connectivity index (χ0v) is 72.4. The number of β-amino-alcohol motifs (C(OH)–C–C–N with tert-alkyl or cyclic N) is 3. The van der Waals surface area contributed by atoms with E-state index in [-0.39, 0.29) is 32.2 Å². The molecule has 3 saturated carbocycles. The second-order valence-electron chi connectivity index (χ2n) is 29.9. The summed E-state index contributed by atoms with van der Waals surface area (Å²) in [4.78, 5) is 26.9. The summed E-state index contributed by atoms with van der Waals surface area (Å²) in [5, 5.41) is 71.3. The Morgan fingerprint density at radius 1 is 0.458 bits per heavy atom. The standard InChI is InChI=1S/C29H23Cl3N4O3.C29H24Cl3N3O5.C22H19Cl3N2O3.C7H5ClN2.ClH/c1-16-9-25(34-12-18(16)11-33)36-14-29(37,15-36)21-8-7-19(10-24(21)32)38-13-20-27(35-39-28(20)17-5-6-17)26-22(30)3-2-4-23(26)31;1-16-9-25(33-11-24(16)39-15-36)35-13-29(37,14-35)20-8-7-18(10-23(20)32)38-12-19-27(34-40-28(19)17-5-6-17)26-21(30)3-2-4-22(26)31;23-16-2-1-3-17(24)19(16)20-14(21(30-27-20)12-4-5-12)9-29-13-6-7-15(18(25)8-13)22(28)10-26-11-22;1-5-2-7(8)10-4-6(5)3-9;/h2-4,7-10,12,17,37H,5-6,13-15H2,1H3;2-4,7-11,15,17,37H,5-6,12-14H2,1H3;1-3,6-8,12,26,28H,4-5,9-11H2;2,4H,1H3;1H. The molecule has 0 unspecified atom stereocenters. The van der Waals surface area contributed by atoms with Crippen LogP contribution in [0.4, 0.5) is 11.6 Å². The average molecular weight is 1840 g/mol. The predicted octanol–water partition coefficient (Wildman–Crippen LogP) is 21.6. The van der Waals surface area contributed by atoms with Gasteiger partial charge in [-0.25, -0.2) is 15.0 Å². The Hall–Kier alpha value is -9.12. The molecule has 3 aliphatic heterocycles. The summed E-state index contributed by atoms with van der Waals surface area (Å²) in [6, 6.07) is 41.3. The zero-order chi connectivity index (χ0) is 83.8. The fourth-order valence-electron chi connectivity index (χ4n) is 14.2. The molecule has 33 heteroatoms. The number of nitrogens with one attached hydrogen (secondary N) is 1. The Morgan fingerprint density at radius 2 is 0.792 bits per heavy atom. The Morgan fingerprint density at radius 3 is 1.09 bits per heavy atom. The molecule has 0 atom stereocenters. The second-order valence-corrected chi connectivity index (χ2v) is 33.9. The fourth-order valence-corrected chi connectivity index (χ4v) is 17.2. The Labute approximate surface area is 745 Å². The summed E-state index contributed by atoms with van der Waals surface area (Å²) in [7, 11) is 0. The first-order valence-electron chi connectivity index (χ1n) is 37.6. The molecule has 6 aliphatic rings. The van der Waals surface area contributed by atoms with E-state index in [4.69, 9.17) is 159 Å². The van der Waals surface area contributed by atoms with Gasteiger partial charge in [-0.15, -0.1) is 12.4 Å². The number of hydrogen-bond donors (Lipinski definition) is 4. The van der Waals surface area contributed by atoms with E-state index in [1.807, 2.05) is 54.8 Å². The number of rotatable bonds is 22. The molecular weight excluding hydrogens is 1770 g/mol. The highest BCUT2D eigenvalue weighted by Gasteiger charge is 2.47. The minimum Gasteiger partial charge on any atom is -0.489 e. The molecule has 0 amide bonds. The number of nitrogens with zero attached hydrogens (tertiary/aromatic N) is 10. The maximum atomic E-state index is 11.3. The van der Waals surface area contributed by atoms with Crippen LogP contribution >= 0.6 is 128 Å². The summed E-state index contributed by atoms with van der Waals surface area (Å²) in [5.74, 6) is 6.81. The van der Waals surface area contributed by atoms with Crippen molar-refractivity contribution in [2.45, 2.75) is 114 Å². The quantitative estimate of drug-likeness (QED) is 0.0362. The van der Waals surface area contributed by atoms with Gasteiger partial charge in [-0.2, -0.15) is 10.5 Å². The van der Waals surface area contributed by atoms with Crippen LogP contribution in [0.25, 0.3) is 33.8 Å². The summed E-state index contributed by atoms with van der Waals surface area (Å²) in [5.41, 5.74) is 8.38. The lowest BCUT2D eigenvalue weighted by Gasteiger charge is -2.47. The molecule has 6 aromatic heterocycles. The Kier molecular flexibility index (Phi) is 26.8. The minimum atomic E-state index is -1.15. The SMILES string of the molecule is Cc1cc(Cl)ncc1C#N.Cc1cc(N2CC(O)(c3ccc(OCc4c(-c5c(Cl)cccc5Cl)noc4C4CC4)cc3Cl)C2)ncc1C#N.Cc1cc(N2CC(O)(c3ccc(OCc4c(-c5c(Cl)cccc5Cl)noc4C4CC4)cc3Cl)C2)ncc1OC=O.Cl.OC1(c2ccc(OCc3c(-c4c(Cl)cccc4Cl)noc3C3CC3)cc2Cl)CNC1. The van der Waals surface area contributed by atoms with Crippen molar-refractivity contribution in [2.24, 2.45) is 0 Å². The van der Waals surface area contributed by atoms with Crippen LogP contribution in [-0.2, 0) is 41.4 Å². The highest BCUT2D eigenvalue weighted by Crippen LogP contribution is 2.51. The molecule has 0 bridgehead atoms. The van der Waals surface area contributed by atoms with Gasteiger partial charge in [0.1, 0.15) is 117 Å². The lowest BCUT2D eigenvalue weighted by Crippen LogP contribution is -2.60. The van der Waals surface area contributed by atoms with Crippen LogP contribution in [0.2, 0.25) is 50.4 Å². The van der Waals surface area contributed by atoms with Gasteiger partial charge in [0.25, 0.3) is 6.47 Å². The van der Waals surface area contributed by atoms with Crippen LogP contribution in [0.1, 0.15) is 135 Å². The largest absolute Gasteiger partial charge is 0.489 e. The van der Waals surface area contributed by atoms with Crippen LogP contribution in [-0.4, -0.2) is 91.5 Å². The molecule has 9 heterocycles. The normalized spacial score (nSPS) is 15.7. The van der Waals surface area contributed by atoms with E-state index in [1.165, 1.54) is 12.4 Å². The van der Waals surface area contributed by atoms with E-state index in [1.54, 1.807) is 115 Å². The van der Waals surface area contributed by atoms with Crippen molar-refractivity contribution in [2.75, 3.05) is 49.1 Å². The number of aryl methyl sites for hydroxylation is 3. The number of carbonyl (C=O) groups is 1. The van der Waals surface area contributed by atoms with Crippen LogP contribution in [0.15, 0.2) is 160 Å². The molecule has 0 radical (unpaired) electrons. The van der Waals surface area contributed by atoms with Gasteiger partial charge in [0.2, 0.25) is 0 Å². The number of nitriles is 2. The maximum Gasteiger partial charge on any atom is 0.298 e. The summed E-state index contributed by atoms with van der Waals surface area (Å²) in [6.45, 7) is 8.76. The molecule has 18 rings (SSSR count). The lowest BCUT2D eigenvalue weighted by atomic mass is 9.86. The Balaban J connectivity index is 0.000000140. The summed E-state index contributed by atoms with van der Waals surface area (Å²) < 4.78 is 40.3. The van der Waals surface area contributed by atoms with Gasteiger partial charge in [0, 0.05) is 76.6 Å². The molecule has 3 saturated heterocycles. The number of aliphatic hydroxyl groups is 3. The van der Waals surface area contributed by atoms with Crippen LogP contribution in [0.5, 0.6) is 23.0 Å². The predicted molar refractivity (Wildman–Crippen MR) is 463 cm³/mol. The third-order valence-corrected chi connectivity index (χ3v) is 24.3. The molecule has 3 aliphatic carbocycles. The average Bonchev–Trinajstić information content (AvgIpc) is 1.30. The molecule has 120 heavy (non-hydrogen) atoms. The van der Waals surface area contributed by atoms with E-state index in [0.29, 0.717) is 210 Å². The van der Waals surface area contributed by atoms with Gasteiger partial charge < -0.3 is 63.0 Å². The number of anilines is 2. The summed E-state index contributed by atoms with van der Waals surface area (Å²) in [6.07, 6.45) is 10.8. The van der Waals surface area contributed by atoms with Gasteiger partial charge in [-0.1, -0.05) is 168 Å². The van der Waals surface area contributed by atoms with Crippen molar-refractivity contribution in [1.29, 1.82) is 10.5 Å². The molecular formula is C87H72Cl11N11O11. The fraction of sp³-hybridized carbons (Fsp3) is 0.276. The number of ether oxygens (including phenoxy) is 4. The minimum absolute atomic E-state index is 0. The van der Waals surface area contributed by atoms with Crippen molar-refractivity contribution in [3.8, 4) is 68.9 Å². The first-order valence-corrected chi connectivity index (χ1v) is 41.4. The van der Waals surface area contributed by atoms with Gasteiger partial charge in [0.15, 0.2) is 5.75 Å². The van der Waals surface area contributed by atoms with E-state index in [0.717, 1.165) is 89.2 Å². The van der Waals surface area contributed by atoms with Gasteiger partial charge in [-0.3, -0.25) is 4.79 Å². The lowest BCUT2D eigenvalue weighted by molar-refractivity contribution is -0.120. The monoisotopic (exact) mass is 1830 g/mol. The topological polar surface area (TPSA) is 298 Å². The number of benzene rings is 6. The van der Waals surface area contributed by atoms with E-state index in [2.05, 4.69) is 41.8 Å². The highest BCUT2D eigenvalue weighted by molar-refractivity contribution is 6.40. The summed E-state index contributed by atoms with van der Waals surface area (Å²) >= 11 is 63.9. The van der Waals surface area contributed by atoms with Crippen LogP contribution in [0, 0.1) is 43.4 Å². The molecule has 6 fully saturated rings. The molecule has 22 nitrogen and oxygen atoms in total. The van der Waals surface area contributed by atoms with Gasteiger partial charge in [-0.05, 0) is 167 Å². The molecule has 618 valence electrons. The molecule has 6 aromatic carbocycles. The first-order chi connectivity index (χ1) is 57.2. The number of pyridine rings is 3. The van der Waals surface area contributed by atoms with Crippen LogP contribution in [0.3, 0.4) is 0 Å². The van der Waals surface area contributed by atoms with Crippen LogP contribution < -0.4 is 34.1 Å². The third-order valence-electron chi connectivity index (χ3n) is 21.3. The maximum absolute atomic E-state index is 11.3. The number of hydrogen-bond acceptors (Lipinski definition) is 22. The molecule has 12 aromatic rings. The van der Waals surface area contributed by atoms with Crippen molar-refractivity contribution in [1.82, 2.24) is 35.7 Å². The Bertz CT molecular complexity index is 5890. The van der Waals surface area contributed by atoms with Gasteiger partial charge in [0.05, 0.1) is 105 Å². The number of aromatic nitrogens is 6. The molecule has 0 spiro atoms.